The standard InChI is InChI=1S/C13H15BrN2O2S3/c1-15-8-9-7-12(13(14)20-9)21(17,18)16-10-5-3-4-6-11(10)19-2/h3-7,15-16H,8H2,1-2H3. The maximum Gasteiger partial charge on any atom is 0.263 e. The largest absolute Gasteiger partial charge is 0.315 e. The van der Waals surface area contributed by atoms with Gasteiger partial charge in [-0.1, -0.05) is 12.1 Å². The summed E-state index contributed by atoms with van der Waals surface area (Å²) in [5.74, 6) is 0. The van der Waals surface area contributed by atoms with E-state index in [1.807, 2.05) is 31.5 Å². The minimum atomic E-state index is -3.60. The predicted octanol–water partition coefficient (Wildman–Crippen LogP) is 3.75. The van der Waals surface area contributed by atoms with Crippen LogP contribution in [0.3, 0.4) is 0 Å². The quantitative estimate of drug-likeness (QED) is 0.717. The molecule has 0 amide bonds. The van der Waals surface area contributed by atoms with Crippen molar-refractivity contribution in [2.24, 2.45) is 0 Å². The normalized spacial score (nSPS) is 11.6. The average molecular weight is 407 g/mol. The van der Waals surface area contributed by atoms with Gasteiger partial charge < -0.3 is 5.32 Å². The second-order valence-corrected chi connectivity index (χ2v) is 9.14. The first-order valence-corrected chi connectivity index (χ1v) is 10.4. The summed E-state index contributed by atoms with van der Waals surface area (Å²) in [4.78, 5) is 2.12. The molecule has 114 valence electrons. The minimum Gasteiger partial charge on any atom is -0.315 e. The van der Waals surface area contributed by atoms with E-state index in [1.54, 1.807) is 12.1 Å². The molecule has 0 aliphatic carbocycles. The van der Waals surface area contributed by atoms with E-state index in [1.165, 1.54) is 23.1 Å². The molecule has 1 aromatic carbocycles. The van der Waals surface area contributed by atoms with Gasteiger partial charge in [0.05, 0.1) is 9.47 Å². The molecule has 0 radical (unpaired) electrons. The Bertz CT molecular complexity index is 729. The van der Waals surface area contributed by atoms with Gasteiger partial charge in [-0.05, 0) is 47.4 Å². The first-order valence-electron chi connectivity index (χ1n) is 6.06. The number of sulfonamides is 1. The maximum absolute atomic E-state index is 12.5. The number of thiophene rings is 1. The Hall–Kier alpha value is -0.540. The van der Waals surface area contributed by atoms with E-state index >= 15 is 0 Å². The van der Waals surface area contributed by atoms with Gasteiger partial charge in [0.2, 0.25) is 0 Å². The van der Waals surface area contributed by atoms with Crippen LogP contribution in [-0.2, 0) is 16.6 Å². The highest BCUT2D eigenvalue weighted by Crippen LogP contribution is 2.34. The van der Waals surface area contributed by atoms with Gasteiger partial charge in [-0.3, -0.25) is 4.72 Å². The number of halogens is 1. The monoisotopic (exact) mass is 406 g/mol. The molecule has 0 saturated carbocycles. The molecule has 0 bridgehead atoms. The summed E-state index contributed by atoms with van der Waals surface area (Å²) >= 11 is 6.26. The first-order chi connectivity index (χ1) is 9.97. The van der Waals surface area contributed by atoms with E-state index in [9.17, 15) is 8.42 Å². The van der Waals surface area contributed by atoms with Crippen molar-refractivity contribution in [3.63, 3.8) is 0 Å². The van der Waals surface area contributed by atoms with Crippen LogP contribution in [0.5, 0.6) is 0 Å². The van der Waals surface area contributed by atoms with Gasteiger partial charge in [-0.25, -0.2) is 8.42 Å². The fourth-order valence-electron chi connectivity index (χ4n) is 1.77. The first kappa shape index (κ1) is 16.8. The van der Waals surface area contributed by atoms with E-state index in [4.69, 9.17) is 0 Å². The SMILES string of the molecule is CNCc1cc(S(=O)(=O)Nc2ccccc2SC)c(Br)s1. The number of benzene rings is 1. The lowest BCUT2D eigenvalue weighted by Gasteiger charge is -2.10. The van der Waals surface area contributed by atoms with Gasteiger partial charge >= 0.3 is 0 Å². The number of thioether (sulfide) groups is 1. The van der Waals surface area contributed by atoms with Crippen molar-refractivity contribution in [3.05, 3.63) is 39.0 Å². The van der Waals surface area contributed by atoms with E-state index < -0.39 is 10.0 Å². The van der Waals surface area contributed by atoms with Crippen molar-refractivity contribution in [1.82, 2.24) is 5.32 Å². The Morgan fingerprint density at radius 1 is 1.33 bits per heavy atom. The number of nitrogens with one attached hydrogen (secondary N) is 2. The van der Waals surface area contributed by atoms with Gasteiger partial charge in [0.1, 0.15) is 4.90 Å². The van der Waals surface area contributed by atoms with Crippen LogP contribution < -0.4 is 10.0 Å². The molecule has 0 atom stereocenters. The molecule has 2 N–H and O–H groups in total. The molecule has 0 fully saturated rings. The number of para-hydroxylation sites is 1. The number of rotatable bonds is 6. The summed E-state index contributed by atoms with van der Waals surface area (Å²) in [7, 11) is -1.77. The Balaban J connectivity index is 2.34. The highest BCUT2D eigenvalue weighted by molar-refractivity contribution is 9.11. The van der Waals surface area contributed by atoms with E-state index in [0.29, 0.717) is 16.0 Å². The summed E-state index contributed by atoms with van der Waals surface area (Å²) in [5.41, 5.74) is 0.596. The lowest BCUT2D eigenvalue weighted by Crippen LogP contribution is -2.13. The Morgan fingerprint density at radius 3 is 2.71 bits per heavy atom. The Kier molecular flexibility index (Phi) is 5.73. The molecule has 1 aromatic heterocycles. The molecular weight excluding hydrogens is 392 g/mol. The second kappa shape index (κ2) is 7.15. The maximum atomic E-state index is 12.5. The number of hydrogen-bond donors (Lipinski definition) is 2. The van der Waals surface area contributed by atoms with Crippen molar-refractivity contribution < 1.29 is 8.42 Å². The minimum absolute atomic E-state index is 0.272. The molecule has 0 aliphatic rings. The van der Waals surface area contributed by atoms with Crippen molar-refractivity contribution in [2.75, 3.05) is 18.0 Å². The lowest BCUT2D eigenvalue weighted by atomic mass is 10.3. The van der Waals surface area contributed by atoms with Crippen molar-refractivity contribution >= 4 is 54.7 Å². The molecule has 2 aromatic rings. The van der Waals surface area contributed by atoms with Gasteiger partial charge in [0.25, 0.3) is 10.0 Å². The highest BCUT2D eigenvalue weighted by Gasteiger charge is 2.21. The Labute approximate surface area is 141 Å². The van der Waals surface area contributed by atoms with Gasteiger partial charge in [-0.2, -0.15) is 0 Å². The third kappa shape index (κ3) is 4.01. The van der Waals surface area contributed by atoms with Crippen LogP contribution in [0, 0.1) is 0 Å². The zero-order chi connectivity index (χ0) is 15.5. The van der Waals surface area contributed by atoms with Crippen molar-refractivity contribution in [1.29, 1.82) is 0 Å². The zero-order valence-electron chi connectivity index (χ0n) is 11.5. The molecule has 0 saturated heterocycles. The number of anilines is 1. The third-order valence-electron chi connectivity index (χ3n) is 2.70. The lowest BCUT2D eigenvalue weighted by molar-refractivity contribution is 0.601. The van der Waals surface area contributed by atoms with E-state index in [-0.39, 0.29) is 4.90 Å². The van der Waals surface area contributed by atoms with Crippen LogP contribution in [0.15, 0.2) is 43.9 Å². The molecule has 8 heteroatoms. The van der Waals surface area contributed by atoms with Crippen LogP contribution in [-0.4, -0.2) is 21.7 Å². The summed E-state index contributed by atoms with van der Waals surface area (Å²) in [6.45, 7) is 0.639. The van der Waals surface area contributed by atoms with E-state index in [2.05, 4.69) is 26.0 Å². The molecule has 2 rings (SSSR count). The zero-order valence-corrected chi connectivity index (χ0v) is 15.5. The summed E-state index contributed by atoms with van der Waals surface area (Å²) in [6, 6.07) is 9.03. The molecule has 4 nitrogen and oxygen atoms in total. The van der Waals surface area contributed by atoms with Crippen LogP contribution in [0.25, 0.3) is 0 Å². The van der Waals surface area contributed by atoms with E-state index in [0.717, 1.165) is 9.77 Å². The summed E-state index contributed by atoms with van der Waals surface area (Å²) in [5, 5.41) is 3.01. The third-order valence-corrected chi connectivity index (χ3v) is 7.11. The fourth-order valence-corrected chi connectivity index (χ4v) is 6.16. The predicted molar refractivity (Wildman–Crippen MR) is 93.8 cm³/mol. The molecule has 0 spiro atoms. The topological polar surface area (TPSA) is 58.2 Å². The summed E-state index contributed by atoms with van der Waals surface area (Å²) in [6.07, 6.45) is 1.92. The van der Waals surface area contributed by atoms with Crippen molar-refractivity contribution in [2.45, 2.75) is 16.3 Å². The smallest absolute Gasteiger partial charge is 0.263 e. The second-order valence-electron chi connectivity index (χ2n) is 4.19. The van der Waals surface area contributed by atoms with Crippen LogP contribution in [0.2, 0.25) is 0 Å². The van der Waals surface area contributed by atoms with Crippen molar-refractivity contribution in [3.8, 4) is 0 Å². The fraction of sp³-hybridized carbons (Fsp3) is 0.231. The van der Waals surface area contributed by atoms with Crippen LogP contribution in [0.4, 0.5) is 5.69 Å². The highest BCUT2D eigenvalue weighted by atomic mass is 79.9. The molecule has 0 aliphatic heterocycles. The molecule has 0 unspecified atom stereocenters. The molecule has 21 heavy (non-hydrogen) atoms. The van der Waals surface area contributed by atoms with Gasteiger partial charge in [-0.15, -0.1) is 23.1 Å². The number of hydrogen-bond acceptors (Lipinski definition) is 5. The molecular formula is C13H15BrN2O2S3. The van der Waals surface area contributed by atoms with Crippen LogP contribution in [0.1, 0.15) is 4.88 Å². The summed E-state index contributed by atoms with van der Waals surface area (Å²) < 4.78 is 28.4. The van der Waals surface area contributed by atoms with Crippen LogP contribution >= 0.6 is 39.0 Å². The van der Waals surface area contributed by atoms with Gasteiger partial charge in [0.15, 0.2) is 0 Å². The Morgan fingerprint density at radius 2 is 2.05 bits per heavy atom. The van der Waals surface area contributed by atoms with Gasteiger partial charge in [0, 0.05) is 16.3 Å². The molecule has 1 heterocycles. The average Bonchev–Trinajstić information content (AvgIpc) is 2.81.